The minimum atomic E-state index is -0.382. The second kappa shape index (κ2) is 5.85. The Hall–Kier alpha value is -1.86. The molecule has 4 nitrogen and oxygen atoms in total. The Bertz CT molecular complexity index is 519. The first-order valence-electron chi connectivity index (χ1n) is 6.62. The van der Waals surface area contributed by atoms with Gasteiger partial charge in [0.15, 0.2) is 0 Å². The quantitative estimate of drug-likeness (QED) is 0.880. The van der Waals surface area contributed by atoms with Gasteiger partial charge in [-0.25, -0.2) is 0 Å². The molecule has 19 heavy (non-hydrogen) atoms. The van der Waals surface area contributed by atoms with Gasteiger partial charge in [0.1, 0.15) is 6.04 Å². The predicted octanol–water partition coefficient (Wildman–Crippen LogP) is 1.91. The molecule has 1 fully saturated rings. The molecule has 0 aromatic heterocycles. The molecule has 0 bridgehead atoms. The molecule has 0 saturated carbocycles. The topological polar surface area (TPSA) is 56.1 Å². The van der Waals surface area contributed by atoms with Crippen LogP contribution in [-0.4, -0.2) is 25.0 Å². The van der Waals surface area contributed by atoms with Crippen LogP contribution in [0.4, 0.5) is 5.69 Å². The summed E-state index contributed by atoms with van der Waals surface area (Å²) in [5.41, 5.74) is 3.20. The number of nitriles is 1. The summed E-state index contributed by atoms with van der Waals surface area (Å²) in [4.78, 5) is 14.3. The summed E-state index contributed by atoms with van der Waals surface area (Å²) >= 11 is 0. The van der Waals surface area contributed by atoms with Crippen LogP contribution < -0.4 is 10.2 Å². The monoisotopic (exact) mass is 257 g/mol. The molecular weight excluding hydrogens is 238 g/mol. The van der Waals surface area contributed by atoms with Gasteiger partial charge in [-0.1, -0.05) is 12.1 Å². The second-order valence-corrected chi connectivity index (χ2v) is 5.00. The Balaban J connectivity index is 2.33. The number of hydrogen-bond acceptors (Lipinski definition) is 3. The van der Waals surface area contributed by atoms with E-state index in [1.54, 1.807) is 0 Å². The largest absolute Gasteiger partial charge is 0.311 e. The predicted molar refractivity (Wildman–Crippen MR) is 74.9 cm³/mol. The number of carbonyl (C=O) groups is 1. The average Bonchev–Trinajstić information content (AvgIpc) is 2.56. The molecule has 2 rings (SSSR count). The van der Waals surface area contributed by atoms with E-state index >= 15 is 0 Å². The van der Waals surface area contributed by atoms with Crippen molar-refractivity contribution in [2.24, 2.45) is 0 Å². The van der Waals surface area contributed by atoms with Crippen molar-refractivity contribution in [3.8, 4) is 6.07 Å². The standard InChI is InChI=1S/C15H19N3O/c1-11-4-5-12(2)14(10-11)18-9-3-8-17-13(6-7-16)15(18)19/h4-5,10,13,17H,3,6,8-9H2,1-2H3. The molecule has 1 aliphatic heterocycles. The highest BCUT2D eigenvalue weighted by atomic mass is 16.2. The normalized spacial score (nSPS) is 19.9. The molecule has 1 aromatic carbocycles. The highest BCUT2D eigenvalue weighted by Crippen LogP contribution is 2.23. The van der Waals surface area contributed by atoms with Gasteiger partial charge in [-0.15, -0.1) is 0 Å². The fraction of sp³-hybridized carbons (Fsp3) is 0.467. The molecule has 0 radical (unpaired) electrons. The van der Waals surface area contributed by atoms with E-state index in [1.807, 2.05) is 36.9 Å². The zero-order valence-corrected chi connectivity index (χ0v) is 11.4. The molecule has 100 valence electrons. The van der Waals surface area contributed by atoms with Crippen LogP contribution in [0.3, 0.4) is 0 Å². The number of aryl methyl sites for hydroxylation is 2. The fourth-order valence-corrected chi connectivity index (χ4v) is 2.40. The van der Waals surface area contributed by atoms with Crippen LogP contribution in [0.1, 0.15) is 24.0 Å². The first-order chi connectivity index (χ1) is 9.13. The molecule has 1 saturated heterocycles. The molecule has 1 amide bonds. The van der Waals surface area contributed by atoms with Gasteiger partial charge >= 0.3 is 0 Å². The Kier molecular flexibility index (Phi) is 4.18. The molecule has 0 spiro atoms. The first-order valence-corrected chi connectivity index (χ1v) is 6.62. The summed E-state index contributed by atoms with van der Waals surface area (Å²) in [5, 5.41) is 12.0. The summed E-state index contributed by atoms with van der Waals surface area (Å²) in [6.45, 7) is 5.52. The molecule has 1 aliphatic rings. The number of nitrogens with zero attached hydrogens (tertiary/aromatic N) is 2. The van der Waals surface area contributed by atoms with Crippen LogP contribution in [0.5, 0.6) is 0 Å². The van der Waals surface area contributed by atoms with E-state index in [0.29, 0.717) is 6.54 Å². The minimum Gasteiger partial charge on any atom is -0.311 e. The zero-order chi connectivity index (χ0) is 13.8. The number of carbonyl (C=O) groups excluding carboxylic acids is 1. The lowest BCUT2D eigenvalue weighted by atomic mass is 10.1. The Morgan fingerprint density at radius 2 is 2.26 bits per heavy atom. The fourth-order valence-electron chi connectivity index (χ4n) is 2.40. The summed E-state index contributed by atoms with van der Waals surface area (Å²) in [5.74, 6) is 0.00718. The smallest absolute Gasteiger partial charge is 0.245 e. The second-order valence-electron chi connectivity index (χ2n) is 5.00. The van der Waals surface area contributed by atoms with Crippen LogP contribution in [0.2, 0.25) is 0 Å². The van der Waals surface area contributed by atoms with Gasteiger partial charge in [0, 0.05) is 12.2 Å². The van der Waals surface area contributed by atoms with E-state index in [2.05, 4.69) is 11.4 Å². The van der Waals surface area contributed by atoms with Crippen molar-refractivity contribution >= 4 is 11.6 Å². The highest BCUT2D eigenvalue weighted by molar-refractivity contribution is 5.98. The Labute approximate surface area is 114 Å². The van der Waals surface area contributed by atoms with Crippen LogP contribution >= 0.6 is 0 Å². The maximum Gasteiger partial charge on any atom is 0.245 e. The van der Waals surface area contributed by atoms with Gasteiger partial charge in [-0.2, -0.15) is 5.26 Å². The van der Waals surface area contributed by atoms with E-state index in [4.69, 9.17) is 5.26 Å². The van der Waals surface area contributed by atoms with Gasteiger partial charge in [0.2, 0.25) is 5.91 Å². The summed E-state index contributed by atoms with van der Waals surface area (Å²) in [6.07, 6.45) is 1.13. The van der Waals surface area contributed by atoms with Crippen molar-refractivity contribution in [3.05, 3.63) is 29.3 Å². The van der Waals surface area contributed by atoms with Gasteiger partial charge in [-0.3, -0.25) is 4.79 Å². The molecule has 1 heterocycles. The summed E-state index contributed by atoms with van der Waals surface area (Å²) < 4.78 is 0. The molecule has 0 aliphatic carbocycles. The van der Waals surface area contributed by atoms with E-state index in [0.717, 1.165) is 29.8 Å². The Morgan fingerprint density at radius 1 is 1.47 bits per heavy atom. The van der Waals surface area contributed by atoms with Crippen molar-refractivity contribution in [1.29, 1.82) is 5.26 Å². The Morgan fingerprint density at radius 3 is 3.00 bits per heavy atom. The lowest BCUT2D eigenvalue weighted by molar-refractivity contribution is -0.120. The number of hydrogen-bond donors (Lipinski definition) is 1. The number of nitrogens with one attached hydrogen (secondary N) is 1. The third-order valence-electron chi connectivity index (χ3n) is 3.46. The van der Waals surface area contributed by atoms with E-state index in [-0.39, 0.29) is 18.4 Å². The van der Waals surface area contributed by atoms with Gasteiger partial charge in [-0.05, 0) is 44.0 Å². The van der Waals surface area contributed by atoms with Crippen LogP contribution in [0, 0.1) is 25.2 Å². The van der Waals surface area contributed by atoms with Crippen LogP contribution in [0.25, 0.3) is 0 Å². The van der Waals surface area contributed by atoms with Crippen molar-refractivity contribution < 1.29 is 4.79 Å². The van der Waals surface area contributed by atoms with Crippen molar-refractivity contribution in [2.45, 2.75) is 32.7 Å². The third kappa shape index (κ3) is 2.94. The molecule has 1 N–H and O–H groups in total. The van der Waals surface area contributed by atoms with Gasteiger partial charge < -0.3 is 10.2 Å². The number of anilines is 1. The number of rotatable bonds is 2. The minimum absolute atomic E-state index is 0.00718. The molecule has 1 unspecified atom stereocenters. The first kappa shape index (κ1) is 13.6. The van der Waals surface area contributed by atoms with Crippen LogP contribution in [-0.2, 0) is 4.79 Å². The zero-order valence-electron chi connectivity index (χ0n) is 11.4. The van der Waals surface area contributed by atoms with Gasteiger partial charge in [0.05, 0.1) is 12.5 Å². The molecule has 1 atom stereocenters. The van der Waals surface area contributed by atoms with Crippen LogP contribution in [0.15, 0.2) is 18.2 Å². The summed E-state index contributed by atoms with van der Waals surface area (Å²) in [7, 11) is 0. The molecule has 4 heteroatoms. The lowest BCUT2D eigenvalue weighted by Gasteiger charge is -2.25. The third-order valence-corrected chi connectivity index (χ3v) is 3.46. The average molecular weight is 257 g/mol. The summed E-state index contributed by atoms with van der Waals surface area (Å²) in [6, 6.07) is 7.83. The number of benzene rings is 1. The lowest BCUT2D eigenvalue weighted by Crippen LogP contribution is -2.43. The van der Waals surface area contributed by atoms with E-state index < -0.39 is 0 Å². The maximum absolute atomic E-state index is 12.5. The van der Waals surface area contributed by atoms with Crippen molar-refractivity contribution in [2.75, 3.05) is 18.0 Å². The number of amides is 1. The van der Waals surface area contributed by atoms with E-state index in [1.165, 1.54) is 0 Å². The van der Waals surface area contributed by atoms with E-state index in [9.17, 15) is 4.79 Å². The van der Waals surface area contributed by atoms with Gasteiger partial charge in [0.25, 0.3) is 0 Å². The van der Waals surface area contributed by atoms with Crippen molar-refractivity contribution in [1.82, 2.24) is 5.32 Å². The van der Waals surface area contributed by atoms with Crippen molar-refractivity contribution in [3.63, 3.8) is 0 Å². The molecular formula is C15H19N3O. The molecule has 1 aromatic rings. The SMILES string of the molecule is Cc1ccc(C)c(N2CCCNC(CC#N)C2=O)c1. The highest BCUT2D eigenvalue weighted by Gasteiger charge is 2.28. The maximum atomic E-state index is 12.5.